The highest BCUT2D eigenvalue weighted by atomic mass is 32.2. The number of hydrogen-bond donors (Lipinski definition) is 1. The summed E-state index contributed by atoms with van der Waals surface area (Å²) in [6.07, 6.45) is 2.70. The molecule has 2 N–H and O–H groups in total. The summed E-state index contributed by atoms with van der Waals surface area (Å²) in [5, 5.41) is 0. The van der Waals surface area contributed by atoms with Crippen LogP contribution < -0.4 is 5.73 Å². The lowest BCUT2D eigenvalue weighted by Crippen LogP contribution is -2.42. The summed E-state index contributed by atoms with van der Waals surface area (Å²) in [5.41, 5.74) is 6.56. The summed E-state index contributed by atoms with van der Waals surface area (Å²) in [7, 11) is 0. The molecule has 5 nitrogen and oxygen atoms in total. The van der Waals surface area contributed by atoms with E-state index < -0.39 is 6.03 Å². The molecular weight excluding hydrogens is 300 g/mol. The topological polar surface area (TPSA) is 72.6 Å². The maximum atomic E-state index is 11.7. The molecular formula is C16H22N2O3S. The van der Waals surface area contributed by atoms with Gasteiger partial charge in [-0.3, -0.25) is 4.79 Å². The molecule has 1 aromatic carbocycles. The number of rotatable bonds is 7. The first kappa shape index (κ1) is 16.7. The highest BCUT2D eigenvalue weighted by Gasteiger charge is 2.28. The quantitative estimate of drug-likeness (QED) is 0.616. The molecule has 6 heteroatoms. The van der Waals surface area contributed by atoms with Gasteiger partial charge < -0.3 is 15.4 Å². The Labute approximate surface area is 135 Å². The van der Waals surface area contributed by atoms with Crippen LogP contribution in [-0.4, -0.2) is 47.6 Å². The van der Waals surface area contributed by atoms with Gasteiger partial charge in [-0.25, -0.2) is 4.79 Å². The van der Waals surface area contributed by atoms with E-state index in [4.69, 9.17) is 10.5 Å². The minimum absolute atomic E-state index is 0.0595. The minimum Gasteiger partial charge on any atom is -0.463 e. The van der Waals surface area contributed by atoms with Crippen molar-refractivity contribution in [3.8, 4) is 0 Å². The predicted molar refractivity (Wildman–Crippen MR) is 87.7 cm³/mol. The van der Waals surface area contributed by atoms with Crippen LogP contribution in [0.25, 0.3) is 0 Å². The second-order valence-electron chi connectivity index (χ2n) is 5.30. The predicted octanol–water partition coefficient (Wildman–Crippen LogP) is 2.05. The largest absolute Gasteiger partial charge is 0.463 e. The maximum absolute atomic E-state index is 11.7. The average Bonchev–Trinajstić information content (AvgIpc) is 2.99. The van der Waals surface area contributed by atoms with E-state index in [1.165, 1.54) is 5.56 Å². The SMILES string of the molecule is NC(=O)N1CCCC1COC(=O)CSCCc1ccccc1. The zero-order valence-electron chi connectivity index (χ0n) is 12.6. The Hall–Kier alpha value is -1.69. The molecule has 1 heterocycles. The summed E-state index contributed by atoms with van der Waals surface area (Å²) in [6.45, 7) is 0.907. The van der Waals surface area contributed by atoms with Gasteiger partial charge in [0.25, 0.3) is 0 Å². The van der Waals surface area contributed by atoms with Crippen molar-refractivity contribution in [2.24, 2.45) is 5.73 Å². The number of carbonyl (C=O) groups excluding carboxylic acids is 2. The highest BCUT2D eigenvalue weighted by Crippen LogP contribution is 2.17. The van der Waals surface area contributed by atoms with Crippen LogP contribution in [0.15, 0.2) is 30.3 Å². The molecule has 0 saturated carbocycles. The molecule has 1 aliphatic rings. The fourth-order valence-corrected chi connectivity index (χ4v) is 3.29. The number of urea groups is 1. The van der Waals surface area contributed by atoms with Crippen LogP contribution in [0.1, 0.15) is 18.4 Å². The van der Waals surface area contributed by atoms with Crippen molar-refractivity contribution in [3.63, 3.8) is 0 Å². The van der Waals surface area contributed by atoms with E-state index in [0.29, 0.717) is 12.3 Å². The zero-order valence-corrected chi connectivity index (χ0v) is 13.4. The van der Waals surface area contributed by atoms with Crippen molar-refractivity contribution in [1.29, 1.82) is 0 Å². The molecule has 0 aromatic heterocycles. The number of aryl methyl sites for hydroxylation is 1. The van der Waals surface area contributed by atoms with Gasteiger partial charge in [0.15, 0.2) is 0 Å². The van der Waals surface area contributed by atoms with Crippen LogP contribution in [0.3, 0.4) is 0 Å². The van der Waals surface area contributed by atoms with Crippen molar-refractivity contribution in [2.45, 2.75) is 25.3 Å². The van der Waals surface area contributed by atoms with E-state index >= 15 is 0 Å². The molecule has 1 unspecified atom stereocenters. The highest BCUT2D eigenvalue weighted by molar-refractivity contribution is 7.99. The van der Waals surface area contributed by atoms with Gasteiger partial charge in [0, 0.05) is 6.54 Å². The first-order valence-corrected chi connectivity index (χ1v) is 8.65. The Morgan fingerprint density at radius 1 is 1.32 bits per heavy atom. The van der Waals surface area contributed by atoms with Crippen LogP contribution in [0.4, 0.5) is 4.79 Å². The first-order chi connectivity index (χ1) is 10.7. The molecule has 120 valence electrons. The Balaban J connectivity index is 1.59. The lowest BCUT2D eigenvalue weighted by molar-refractivity contribution is -0.141. The number of nitrogens with two attached hydrogens (primary N) is 1. The minimum atomic E-state index is -0.434. The van der Waals surface area contributed by atoms with Crippen LogP contribution in [-0.2, 0) is 16.0 Å². The van der Waals surface area contributed by atoms with E-state index in [1.54, 1.807) is 16.7 Å². The number of carbonyl (C=O) groups is 2. The second kappa shape index (κ2) is 8.68. The van der Waals surface area contributed by atoms with Gasteiger partial charge >= 0.3 is 12.0 Å². The van der Waals surface area contributed by atoms with E-state index in [0.717, 1.165) is 25.0 Å². The average molecular weight is 322 g/mol. The molecule has 2 rings (SSSR count). The van der Waals surface area contributed by atoms with E-state index in [2.05, 4.69) is 12.1 Å². The summed E-state index contributed by atoms with van der Waals surface area (Å²) in [6, 6.07) is 9.69. The monoisotopic (exact) mass is 322 g/mol. The van der Waals surface area contributed by atoms with E-state index in [-0.39, 0.29) is 18.6 Å². The summed E-state index contributed by atoms with van der Waals surface area (Å²) >= 11 is 1.57. The maximum Gasteiger partial charge on any atom is 0.315 e. The van der Waals surface area contributed by atoms with E-state index in [9.17, 15) is 9.59 Å². The number of thioether (sulfide) groups is 1. The molecule has 0 radical (unpaired) electrons. The van der Waals surface area contributed by atoms with Crippen molar-refractivity contribution in [3.05, 3.63) is 35.9 Å². The van der Waals surface area contributed by atoms with Crippen molar-refractivity contribution >= 4 is 23.8 Å². The first-order valence-electron chi connectivity index (χ1n) is 7.50. The van der Waals surface area contributed by atoms with Crippen molar-refractivity contribution in [2.75, 3.05) is 24.7 Å². The number of primary amides is 1. The number of esters is 1. The molecule has 1 fully saturated rings. The van der Waals surface area contributed by atoms with Crippen molar-refractivity contribution < 1.29 is 14.3 Å². The lowest BCUT2D eigenvalue weighted by Gasteiger charge is -2.22. The Morgan fingerprint density at radius 3 is 2.82 bits per heavy atom. The molecule has 0 aliphatic carbocycles. The second-order valence-corrected chi connectivity index (χ2v) is 6.40. The molecule has 0 spiro atoms. The summed E-state index contributed by atoms with van der Waals surface area (Å²) in [5.74, 6) is 1.00. The Morgan fingerprint density at radius 2 is 2.09 bits per heavy atom. The number of amides is 2. The van der Waals surface area contributed by atoms with Crippen LogP contribution >= 0.6 is 11.8 Å². The standard InChI is InChI=1S/C16H22N2O3S/c17-16(20)18-9-4-7-14(18)11-21-15(19)12-22-10-8-13-5-2-1-3-6-13/h1-3,5-6,14H,4,7-12H2,(H2,17,20). The van der Waals surface area contributed by atoms with Crippen LogP contribution in [0, 0.1) is 0 Å². The molecule has 0 bridgehead atoms. The molecule has 22 heavy (non-hydrogen) atoms. The van der Waals surface area contributed by atoms with Gasteiger partial charge in [-0.2, -0.15) is 0 Å². The lowest BCUT2D eigenvalue weighted by atomic mass is 10.2. The van der Waals surface area contributed by atoms with Gasteiger partial charge in [0.05, 0.1) is 11.8 Å². The number of ether oxygens (including phenoxy) is 1. The Bertz CT molecular complexity index is 495. The van der Waals surface area contributed by atoms with Gasteiger partial charge in [0.2, 0.25) is 0 Å². The van der Waals surface area contributed by atoms with Gasteiger partial charge in [0.1, 0.15) is 6.61 Å². The van der Waals surface area contributed by atoms with Gasteiger partial charge in [-0.1, -0.05) is 30.3 Å². The number of hydrogen-bond acceptors (Lipinski definition) is 4. The summed E-state index contributed by atoms with van der Waals surface area (Å²) < 4.78 is 5.25. The third-order valence-corrected chi connectivity index (χ3v) is 4.63. The molecule has 1 atom stereocenters. The third kappa shape index (κ3) is 5.26. The third-order valence-electron chi connectivity index (χ3n) is 3.69. The fourth-order valence-electron chi connectivity index (χ4n) is 2.52. The van der Waals surface area contributed by atoms with Crippen molar-refractivity contribution in [1.82, 2.24) is 4.90 Å². The number of likely N-dealkylation sites (tertiary alicyclic amines) is 1. The smallest absolute Gasteiger partial charge is 0.315 e. The molecule has 1 aromatic rings. The van der Waals surface area contributed by atoms with Gasteiger partial charge in [-0.05, 0) is 30.6 Å². The fraction of sp³-hybridized carbons (Fsp3) is 0.500. The molecule has 1 saturated heterocycles. The van der Waals surface area contributed by atoms with Crippen LogP contribution in [0.2, 0.25) is 0 Å². The van der Waals surface area contributed by atoms with Crippen LogP contribution in [0.5, 0.6) is 0 Å². The normalized spacial score (nSPS) is 17.5. The van der Waals surface area contributed by atoms with E-state index in [1.807, 2.05) is 18.2 Å². The summed E-state index contributed by atoms with van der Waals surface area (Å²) in [4.78, 5) is 24.5. The molecule has 1 aliphatic heterocycles. The Kier molecular flexibility index (Phi) is 6.58. The number of benzene rings is 1. The molecule has 2 amide bonds. The number of nitrogens with zero attached hydrogens (tertiary/aromatic N) is 1. The zero-order chi connectivity index (χ0) is 15.8. The van der Waals surface area contributed by atoms with Gasteiger partial charge in [-0.15, -0.1) is 11.8 Å².